The first-order chi connectivity index (χ1) is 19.8. The molecule has 3 aliphatic rings. The highest BCUT2D eigenvalue weighted by atomic mass is 16.6. The number of morpholine rings is 1. The highest BCUT2D eigenvalue weighted by Crippen LogP contribution is 2.22. The predicted molar refractivity (Wildman–Crippen MR) is 153 cm³/mol. The Labute approximate surface area is 242 Å². The summed E-state index contributed by atoms with van der Waals surface area (Å²) in [6.45, 7) is 7.30. The lowest BCUT2D eigenvalue weighted by atomic mass is 10.0. The number of benzene rings is 1. The van der Waals surface area contributed by atoms with E-state index < -0.39 is 23.9 Å². The molecule has 0 spiro atoms. The van der Waals surface area contributed by atoms with Gasteiger partial charge in [0.15, 0.2) is 0 Å². The number of epoxide rings is 1. The van der Waals surface area contributed by atoms with Crippen molar-refractivity contribution in [3.8, 4) is 5.75 Å². The number of nitrogens with zero attached hydrogens (tertiary/aromatic N) is 1. The van der Waals surface area contributed by atoms with Crippen LogP contribution in [0.15, 0.2) is 29.8 Å². The first-order valence-corrected chi connectivity index (χ1v) is 14.5. The quantitative estimate of drug-likeness (QED) is 0.156. The number of phenols is 1. The smallest absolute Gasteiger partial charge is 0.243 e. The molecule has 4 rings (SSSR count). The number of hydrogen-bond donors (Lipinski definition) is 4. The average Bonchev–Trinajstić information content (AvgIpc) is 3.57. The monoisotopic (exact) mass is 572 g/mol. The third kappa shape index (κ3) is 12.0. The largest absolute Gasteiger partial charge is 0.508 e. The number of ether oxygens (including phenoxy) is 2. The zero-order valence-corrected chi connectivity index (χ0v) is 24.2. The maximum absolute atomic E-state index is 13.2. The van der Waals surface area contributed by atoms with E-state index in [-0.39, 0.29) is 31.2 Å². The van der Waals surface area contributed by atoms with Gasteiger partial charge in [-0.3, -0.25) is 19.3 Å². The Morgan fingerprint density at radius 3 is 2.46 bits per heavy atom. The summed E-state index contributed by atoms with van der Waals surface area (Å²) in [5.41, 5.74) is 2.58. The van der Waals surface area contributed by atoms with Crippen LogP contribution in [-0.4, -0.2) is 98.2 Å². The molecule has 3 atom stereocenters. The first kappa shape index (κ1) is 32.2. The van der Waals surface area contributed by atoms with E-state index in [0.29, 0.717) is 57.1 Å². The molecule has 2 fully saturated rings. The molecule has 0 bridgehead atoms. The molecule has 2 unspecified atom stereocenters. The third-order valence-corrected chi connectivity index (χ3v) is 7.15. The van der Waals surface area contributed by atoms with Gasteiger partial charge in [-0.15, -0.1) is 0 Å². The molecular weight excluding hydrogens is 528 g/mol. The van der Waals surface area contributed by atoms with Gasteiger partial charge in [0.2, 0.25) is 17.7 Å². The van der Waals surface area contributed by atoms with Crippen molar-refractivity contribution in [2.24, 2.45) is 0 Å². The molecule has 1 aromatic carbocycles. The summed E-state index contributed by atoms with van der Waals surface area (Å²) in [5, 5.41) is 18.3. The van der Waals surface area contributed by atoms with Crippen LogP contribution >= 0.6 is 0 Å². The molecule has 2 aliphatic heterocycles. The second kappa shape index (κ2) is 16.9. The zero-order chi connectivity index (χ0) is 29.6. The number of nitrogens with one attached hydrogen (secondary N) is 3. The van der Waals surface area contributed by atoms with Crippen LogP contribution in [0.25, 0.3) is 0 Å². The lowest BCUT2D eigenvalue weighted by molar-refractivity contribution is -0.131. The van der Waals surface area contributed by atoms with E-state index in [1.165, 1.54) is 0 Å². The van der Waals surface area contributed by atoms with E-state index in [9.17, 15) is 24.3 Å². The van der Waals surface area contributed by atoms with Gasteiger partial charge in [-0.2, -0.15) is 0 Å². The van der Waals surface area contributed by atoms with Crippen LogP contribution in [0.4, 0.5) is 0 Å². The molecule has 4 N–H and O–H groups in total. The van der Waals surface area contributed by atoms with E-state index in [2.05, 4.69) is 29.0 Å². The van der Waals surface area contributed by atoms with E-state index in [1.54, 1.807) is 18.2 Å². The van der Waals surface area contributed by atoms with Crippen LogP contribution in [0.1, 0.15) is 50.7 Å². The molecule has 11 nitrogen and oxygen atoms in total. The van der Waals surface area contributed by atoms with Gasteiger partial charge >= 0.3 is 0 Å². The molecule has 1 aromatic rings. The van der Waals surface area contributed by atoms with Gasteiger partial charge in [0, 0.05) is 19.5 Å². The van der Waals surface area contributed by atoms with Crippen LogP contribution in [0, 0.1) is 0 Å². The highest BCUT2D eigenvalue weighted by Gasteiger charge is 2.25. The van der Waals surface area contributed by atoms with Crippen molar-refractivity contribution in [3.63, 3.8) is 0 Å². The average molecular weight is 573 g/mol. The number of carbonyl (C=O) groups is 4. The van der Waals surface area contributed by atoms with Gasteiger partial charge in [-0.25, -0.2) is 0 Å². The van der Waals surface area contributed by atoms with Crippen LogP contribution in [0.5, 0.6) is 5.75 Å². The molecular formula is C30H44N4O7. The fourth-order valence-electron chi connectivity index (χ4n) is 4.64. The third-order valence-electron chi connectivity index (χ3n) is 7.15. The molecule has 1 aliphatic carbocycles. The van der Waals surface area contributed by atoms with Crippen LogP contribution < -0.4 is 16.0 Å². The molecule has 2 saturated heterocycles. The van der Waals surface area contributed by atoms with Gasteiger partial charge < -0.3 is 35.3 Å². The van der Waals surface area contributed by atoms with E-state index in [1.807, 2.05) is 11.8 Å². The van der Waals surface area contributed by atoms with Gasteiger partial charge in [-0.1, -0.05) is 30.7 Å². The summed E-state index contributed by atoms with van der Waals surface area (Å²) in [6, 6.07) is 3.48. The lowest BCUT2D eigenvalue weighted by Crippen LogP contribution is -2.53. The van der Waals surface area contributed by atoms with Crippen molar-refractivity contribution < 1.29 is 33.8 Å². The number of amides is 3. The first-order valence-electron chi connectivity index (χ1n) is 14.5. The van der Waals surface area contributed by atoms with Crippen molar-refractivity contribution in [1.82, 2.24) is 20.9 Å². The second-order valence-corrected chi connectivity index (χ2v) is 10.7. The number of carbonyl (C=O) groups excluding carboxylic acids is 4. The Kier molecular flexibility index (Phi) is 13.3. The molecule has 0 saturated carbocycles. The maximum atomic E-state index is 13.2. The van der Waals surface area contributed by atoms with Crippen LogP contribution in [-0.2, 0) is 41.5 Å². The van der Waals surface area contributed by atoms with Gasteiger partial charge in [0.05, 0.1) is 45.1 Å². The number of hydrogen-bond acceptors (Lipinski definition) is 8. The standard InChI is InChI=1S/C27H38N4O6.C3H6O/c1-2-21-8-7-20(15-24(21)33)14-23(27(36)29-22(18-32)13-19-5-3-4-6-19)30-25(34)16-28-26(35)17-31-9-11-37-12-10-31;1-3-2-4-3/h5,7-8,15,18,22-23,33H,2-4,6,9-14,16-17H2,1H3,(H,28,35)(H,29,36)(H,30,34);3H,2H2,1H3/t22-,23?;/m0./s1. The maximum Gasteiger partial charge on any atom is 0.243 e. The Bertz CT molecular complexity index is 1070. The van der Waals surface area contributed by atoms with Gasteiger partial charge in [0.25, 0.3) is 0 Å². The molecule has 41 heavy (non-hydrogen) atoms. The van der Waals surface area contributed by atoms with Gasteiger partial charge in [-0.05, 0) is 56.2 Å². The van der Waals surface area contributed by atoms with Crippen LogP contribution in [0.3, 0.4) is 0 Å². The van der Waals surface area contributed by atoms with Crippen molar-refractivity contribution >= 4 is 24.0 Å². The number of phenolic OH excluding ortho intramolecular Hbond substituents is 1. The molecule has 226 valence electrons. The fourth-order valence-corrected chi connectivity index (χ4v) is 4.64. The Hall–Kier alpha value is -3.28. The summed E-state index contributed by atoms with van der Waals surface area (Å²) in [4.78, 5) is 51.7. The minimum absolute atomic E-state index is 0.116. The Morgan fingerprint density at radius 2 is 1.88 bits per heavy atom. The SMILES string of the molecule is CC1CO1.CCc1ccc(CC(NC(=O)CNC(=O)CN2CCOCC2)C(=O)N[C@H](C=O)CC2=CCCC2)cc1O. The molecule has 11 heteroatoms. The van der Waals surface area contributed by atoms with Crippen LogP contribution in [0.2, 0.25) is 0 Å². The van der Waals surface area contributed by atoms with Crippen molar-refractivity contribution in [1.29, 1.82) is 0 Å². The zero-order valence-electron chi connectivity index (χ0n) is 24.2. The number of aromatic hydroxyl groups is 1. The lowest BCUT2D eigenvalue weighted by Gasteiger charge is -2.25. The summed E-state index contributed by atoms with van der Waals surface area (Å²) in [6.07, 6.45) is 7.54. The Balaban J connectivity index is 0.00000106. The molecule has 0 radical (unpaired) electrons. The van der Waals surface area contributed by atoms with E-state index in [4.69, 9.17) is 9.47 Å². The number of rotatable bonds is 13. The molecule has 2 heterocycles. The summed E-state index contributed by atoms with van der Waals surface area (Å²) in [7, 11) is 0. The van der Waals surface area contributed by atoms with Crippen molar-refractivity contribution in [2.75, 3.05) is 46.0 Å². The highest BCUT2D eigenvalue weighted by molar-refractivity contribution is 5.91. The predicted octanol–water partition coefficient (Wildman–Crippen LogP) is 1.02. The van der Waals surface area contributed by atoms with E-state index in [0.717, 1.165) is 37.0 Å². The second-order valence-electron chi connectivity index (χ2n) is 10.7. The molecule has 0 aromatic heterocycles. The van der Waals surface area contributed by atoms with Gasteiger partial charge in [0.1, 0.15) is 18.1 Å². The topological polar surface area (TPSA) is 150 Å². The van der Waals surface area contributed by atoms with Crippen molar-refractivity contribution in [2.45, 2.75) is 70.6 Å². The number of aldehydes is 1. The van der Waals surface area contributed by atoms with Crippen molar-refractivity contribution in [3.05, 3.63) is 41.0 Å². The summed E-state index contributed by atoms with van der Waals surface area (Å²) >= 11 is 0. The number of aryl methyl sites for hydroxylation is 1. The minimum Gasteiger partial charge on any atom is -0.508 e. The van der Waals surface area contributed by atoms with E-state index >= 15 is 0 Å². The molecule has 3 amide bonds. The Morgan fingerprint density at radius 1 is 1.15 bits per heavy atom. The normalized spacial score (nSPS) is 19.6. The summed E-state index contributed by atoms with van der Waals surface area (Å²) < 4.78 is 9.98. The summed E-state index contributed by atoms with van der Waals surface area (Å²) in [5.74, 6) is -1.18. The minimum atomic E-state index is -0.990. The number of allylic oxidation sites excluding steroid dienone is 1. The fraction of sp³-hybridized carbons (Fsp3) is 0.600.